The highest BCUT2D eigenvalue weighted by Gasteiger charge is 2.33. The third kappa shape index (κ3) is 4.10. The Kier molecular flexibility index (Phi) is 6.60. The van der Waals surface area contributed by atoms with E-state index < -0.39 is 0 Å². The molecule has 96 valence electrons. The quantitative estimate of drug-likeness (QED) is 0.679. The van der Waals surface area contributed by atoms with Gasteiger partial charge in [0.2, 0.25) is 5.91 Å². The fraction of sp³-hybridized carbons (Fsp3) is 0.917. The zero-order chi connectivity index (χ0) is 12.8. The first-order chi connectivity index (χ1) is 7.41. The van der Waals surface area contributed by atoms with E-state index in [1.54, 1.807) is 0 Å². The molecule has 1 amide bonds. The van der Waals surface area contributed by atoms with Crippen LogP contribution in [0.5, 0.6) is 0 Å². The number of carbonyl (C=O) groups excluding carboxylic acids is 1. The third-order valence-corrected chi connectivity index (χ3v) is 3.24. The minimum absolute atomic E-state index is 0.0920. The van der Waals surface area contributed by atoms with E-state index >= 15 is 0 Å². The van der Waals surface area contributed by atoms with Crippen LogP contribution in [0.2, 0.25) is 0 Å². The molecule has 4 nitrogen and oxygen atoms in total. The molecular weight excluding hydrogens is 202 g/mol. The molecule has 0 bridgehead atoms. The average molecular weight is 229 g/mol. The van der Waals surface area contributed by atoms with Crippen LogP contribution in [0, 0.1) is 5.41 Å². The number of carbonyl (C=O) groups is 1. The summed E-state index contributed by atoms with van der Waals surface area (Å²) in [6, 6.07) is 0.159. The standard InChI is InChI=1S/C12H27N3O/c1-6-12(7-2,9-13)11(16)14-10(3)8-15(4)5/h10H,6-9,13H2,1-5H3,(H,14,16). The van der Waals surface area contributed by atoms with Gasteiger partial charge < -0.3 is 16.0 Å². The number of rotatable bonds is 7. The molecule has 0 radical (unpaired) electrons. The highest BCUT2D eigenvalue weighted by atomic mass is 16.2. The van der Waals surface area contributed by atoms with Gasteiger partial charge in [-0.2, -0.15) is 0 Å². The number of amides is 1. The molecule has 0 aromatic rings. The van der Waals surface area contributed by atoms with Crippen molar-refractivity contribution in [3.8, 4) is 0 Å². The number of hydrogen-bond donors (Lipinski definition) is 2. The van der Waals surface area contributed by atoms with E-state index in [-0.39, 0.29) is 17.4 Å². The fourth-order valence-electron chi connectivity index (χ4n) is 1.92. The van der Waals surface area contributed by atoms with Crippen LogP contribution in [-0.2, 0) is 4.79 Å². The second-order valence-electron chi connectivity index (χ2n) is 4.83. The highest BCUT2D eigenvalue weighted by molar-refractivity contribution is 5.83. The van der Waals surface area contributed by atoms with Crippen molar-refractivity contribution in [2.45, 2.75) is 39.7 Å². The fourth-order valence-corrected chi connectivity index (χ4v) is 1.92. The summed E-state index contributed by atoms with van der Waals surface area (Å²) in [5.74, 6) is 0.0920. The Balaban J connectivity index is 4.42. The molecule has 1 unspecified atom stereocenters. The molecule has 0 aliphatic rings. The maximum Gasteiger partial charge on any atom is 0.227 e. The maximum absolute atomic E-state index is 12.1. The van der Waals surface area contributed by atoms with Gasteiger partial charge in [0.25, 0.3) is 0 Å². The lowest BCUT2D eigenvalue weighted by atomic mass is 9.81. The Labute approximate surface area is 99.6 Å². The molecule has 0 aliphatic heterocycles. The van der Waals surface area contributed by atoms with Crippen LogP contribution in [0.4, 0.5) is 0 Å². The SMILES string of the molecule is CCC(CC)(CN)C(=O)NC(C)CN(C)C. The van der Waals surface area contributed by atoms with Crippen molar-refractivity contribution in [2.24, 2.45) is 11.1 Å². The molecule has 0 saturated heterocycles. The lowest BCUT2D eigenvalue weighted by Crippen LogP contribution is -2.50. The van der Waals surface area contributed by atoms with E-state index in [0.717, 1.165) is 19.4 Å². The van der Waals surface area contributed by atoms with Gasteiger partial charge in [-0.15, -0.1) is 0 Å². The predicted octanol–water partition coefficient (Wildman–Crippen LogP) is 0.818. The summed E-state index contributed by atoms with van der Waals surface area (Å²) >= 11 is 0. The van der Waals surface area contributed by atoms with E-state index in [0.29, 0.717) is 6.54 Å². The molecule has 0 aromatic heterocycles. The predicted molar refractivity (Wildman–Crippen MR) is 68.2 cm³/mol. The van der Waals surface area contributed by atoms with Crippen molar-refractivity contribution < 1.29 is 4.79 Å². The average Bonchev–Trinajstić information content (AvgIpc) is 2.19. The number of hydrogen-bond acceptors (Lipinski definition) is 3. The van der Waals surface area contributed by atoms with Gasteiger partial charge in [-0.05, 0) is 33.9 Å². The Morgan fingerprint density at radius 2 is 1.88 bits per heavy atom. The minimum Gasteiger partial charge on any atom is -0.352 e. The Hall–Kier alpha value is -0.610. The second kappa shape index (κ2) is 6.86. The Morgan fingerprint density at radius 1 is 1.38 bits per heavy atom. The van der Waals surface area contributed by atoms with Crippen molar-refractivity contribution in [2.75, 3.05) is 27.2 Å². The van der Waals surface area contributed by atoms with E-state index in [1.807, 2.05) is 34.9 Å². The van der Waals surface area contributed by atoms with Crippen LogP contribution in [-0.4, -0.2) is 44.0 Å². The molecule has 0 fully saturated rings. The Morgan fingerprint density at radius 3 is 2.19 bits per heavy atom. The second-order valence-corrected chi connectivity index (χ2v) is 4.83. The van der Waals surface area contributed by atoms with Crippen molar-refractivity contribution in [3.05, 3.63) is 0 Å². The van der Waals surface area contributed by atoms with Crippen LogP contribution in [0.1, 0.15) is 33.6 Å². The van der Waals surface area contributed by atoms with E-state index in [4.69, 9.17) is 5.73 Å². The van der Waals surface area contributed by atoms with Gasteiger partial charge in [0.15, 0.2) is 0 Å². The van der Waals surface area contributed by atoms with Crippen LogP contribution in [0.25, 0.3) is 0 Å². The van der Waals surface area contributed by atoms with Crippen molar-refractivity contribution in [3.63, 3.8) is 0 Å². The van der Waals surface area contributed by atoms with E-state index in [9.17, 15) is 4.79 Å². The normalized spacial score (nSPS) is 13.9. The van der Waals surface area contributed by atoms with Crippen LogP contribution >= 0.6 is 0 Å². The smallest absolute Gasteiger partial charge is 0.227 e. The van der Waals surface area contributed by atoms with Gasteiger partial charge in [0, 0.05) is 19.1 Å². The molecule has 16 heavy (non-hydrogen) atoms. The topological polar surface area (TPSA) is 58.4 Å². The van der Waals surface area contributed by atoms with Crippen molar-refractivity contribution in [1.82, 2.24) is 10.2 Å². The van der Waals surface area contributed by atoms with Crippen molar-refractivity contribution >= 4 is 5.91 Å². The van der Waals surface area contributed by atoms with Crippen LogP contribution < -0.4 is 11.1 Å². The van der Waals surface area contributed by atoms with Gasteiger partial charge in [-0.25, -0.2) is 0 Å². The lowest BCUT2D eigenvalue weighted by molar-refractivity contribution is -0.131. The number of nitrogens with two attached hydrogens (primary N) is 1. The van der Waals surface area contributed by atoms with E-state index in [2.05, 4.69) is 10.2 Å². The Bertz CT molecular complexity index is 204. The summed E-state index contributed by atoms with van der Waals surface area (Å²) in [5.41, 5.74) is 5.35. The first kappa shape index (κ1) is 15.4. The van der Waals surface area contributed by atoms with Gasteiger partial charge in [0.1, 0.15) is 0 Å². The van der Waals surface area contributed by atoms with Gasteiger partial charge in [-0.1, -0.05) is 13.8 Å². The molecule has 0 aromatic carbocycles. The summed E-state index contributed by atoms with van der Waals surface area (Å²) in [6.45, 7) is 7.32. The summed E-state index contributed by atoms with van der Waals surface area (Å²) in [6.07, 6.45) is 1.58. The molecule has 0 rings (SSSR count). The largest absolute Gasteiger partial charge is 0.352 e. The zero-order valence-corrected chi connectivity index (χ0v) is 11.3. The molecule has 3 N–H and O–H groups in total. The van der Waals surface area contributed by atoms with Gasteiger partial charge in [-0.3, -0.25) is 4.79 Å². The first-order valence-corrected chi connectivity index (χ1v) is 6.07. The summed E-state index contributed by atoms with van der Waals surface area (Å²) in [4.78, 5) is 14.2. The third-order valence-electron chi connectivity index (χ3n) is 3.24. The van der Waals surface area contributed by atoms with Gasteiger partial charge >= 0.3 is 0 Å². The molecule has 0 spiro atoms. The van der Waals surface area contributed by atoms with Gasteiger partial charge in [0.05, 0.1) is 5.41 Å². The molecule has 4 heteroatoms. The molecule has 0 saturated carbocycles. The number of nitrogens with one attached hydrogen (secondary N) is 1. The summed E-state index contributed by atoms with van der Waals surface area (Å²) in [5, 5.41) is 3.04. The lowest BCUT2D eigenvalue weighted by Gasteiger charge is -2.30. The van der Waals surface area contributed by atoms with Crippen LogP contribution in [0.3, 0.4) is 0 Å². The number of likely N-dealkylation sites (N-methyl/N-ethyl adjacent to an activating group) is 1. The molecular formula is C12H27N3O. The van der Waals surface area contributed by atoms with Crippen LogP contribution in [0.15, 0.2) is 0 Å². The van der Waals surface area contributed by atoms with E-state index in [1.165, 1.54) is 0 Å². The minimum atomic E-state index is -0.388. The number of nitrogens with zero attached hydrogens (tertiary/aromatic N) is 1. The summed E-state index contributed by atoms with van der Waals surface area (Å²) < 4.78 is 0. The molecule has 1 atom stereocenters. The monoisotopic (exact) mass is 229 g/mol. The highest BCUT2D eigenvalue weighted by Crippen LogP contribution is 2.25. The first-order valence-electron chi connectivity index (χ1n) is 6.07. The maximum atomic E-state index is 12.1. The molecule has 0 heterocycles. The van der Waals surface area contributed by atoms with Crippen molar-refractivity contribution in [1.29, 1.82) is 0 Å². The zero-order valence-electron chi connectivity index (χ0n) is 11.3. The molecule has 0 aliphatic carbocycles. The summed E-state index contributed by atoms with van der Waals surface area (Å²) in [7, 11) is 4.00.